The van der Waals surface area contributed by atoms with Crippen molar-refractivity contribution in [3.8, 4) is 0 Å². The van der Waals surface area contributed by atoms with Crippen LogP contribution in [-0.4, -0.2) is 24.6 Å². The Morgan fingerprint density at radius 1 is 1.21 bits per heavy atom. The van der Waals surface area contributed by atoms with Gasteiger partial charge >= 0.3 is 5.97 Å². The molecule has 4 nitrogen and oxygen atoms in total. The van der Waals surface area contributed by atoms with Crippen LogP contribution in [0.2, 0.25) is 0 Å². The summed E-state index contributed by atoms with van der Waals surface area (Å²) in [7, 11) is 1.20. The molecule has 1 rings (SSSR count). The van der Waals surface area contributed by atoms with E-state index in [1.165, 1.54) is 13.2 Å². The molecular weight excluding hydrogens is 244 g/mol. The number of allylic oxidation sites excluding steroid dienone is 2. The molecule has 19 heavy (non-hydrogen) atoms. The second-order valence-electron chi connectivity index (χ2n) is 3.98. The van der Waals surface area contributed by atoms with Gasteiger partial charge in [-0.05, 0) is 13.0 Å². The van der Waals surface area contributed by atoms with E-state index in [0.717, 1.165) is 0 Å². The van der Waals surface area contributed by atoms with Gasteiger partial charge in [-0.1, -0.05) is 36.4 Å². The lowest BCUT2D eigenvalue weighted by atomic mass is 9.92. The molecule has 4 heteroatoms. The Labute approximate surface area is 112 Å². The maximum atomic E-state index is 12.2. The number of esters is 1. The highest BCUT2D eigenvalue weighted by molar-refractivity contribution is 6.11. The van der Waals surface area contributed by atoms with Gasteiger partial charge in [0.2, 0.25) is 0 Å². The molecule has 0 radical (unpaired) electrons. The van der Waals surface area contributed by atoms with E-state index in [9.17, 15) is 14.4 Å². The summed E-state index contributed by atoms with van der Waals surface area (Å²) in [6, 6.07) is 8.40. The third-order valence-corrected chi connectivity index (χ3v) is 2.62. The predicted octanol–water partition coefficient (Wildman–Crippen LogP) is 2.19. The molecule has 1 atom stereocenters. The van der Waals surface area contributed by atoms with E-state index in [4.69, 9.17) is 0 Å². The van der Waals surface area contributed by atoms with Crippen molar-refractivity contribution >= 4 is 17.5 Å². The highest BCUT2D eigenvalue weighted by Crippen LogP contribution is 2.15. The molecule has 0 saturated carbocycles. The zero-order valence-corrected chi connectivity index (χ0v) is 11.0. The molecule has 1 aromatic rings. The van der Waals surface area contributed by atoms with Crippen molar-refractivity contribution in [2.45, 2.75) is 13.3 Å². The van der Waals surface area contributed by atoms with Crippen molar-refractivity contribution in [1.29, 1.82) is 0 Å². The fraction of sp³-hybridized carbons (Fsp3) is 0.267. The number of carbonyl (C=O) groups is 3. The first kappa shape index (κ1) is 14.8. The van der Waals surface area contributed by atoms with Crippen LogP contribution in [-0.2, 0) is 14.3 Å². The Morgan fingerprint density at radius 3 is 2.37 bits per heavy atom. The number of ketones is 2. The fourth-order valence-electron chi connectivity index (χ4n) is 1.68. The molecule has 100 valence electrons. The number of ether oxygens (including phenoxy) is 1. The van der Waals surface area contributed by atoms with E-state index in [2.05, 4.69) is 4.74 Å². The van der Waals surface area contributed by atoms with Crippen LogP contribution in [0.1, 0.15) is 23.7 Å². The van der Waals surface area contributed by atoms with Crippen LogP contribution < -0.4 is 0 Å². The smallest absolute Gasteiger partial charge is 0.317 e. The average Bonchev–Trinajstić information content (AvgIpc) is 2.44. The van der Waals surface area contributed by atoms with Crippen LogP contribution in [0.15, 0.2) is 42.5 Å². The van der Waals surface area contributed by atoms with Crippen LogP contribution in [0, 0.1) is 5.92 Å². The predicted molar refractivity (Wildman–Crippen MR) is 70.7 cm³/mol. The summed E-state index contributed by atoms with van der Waals surface area (Å²) in [6.07, 6.45) is 2.74. The minimum atomic E-state index is -1.09. The number of methoxy groups -OCH3 is 1. The van der Waals surface area contributed by atoms with Gasteiger partial charge in [0.25, 0.3) is 0 Å². The van der Waals surface area contributed by atoms with E-state index in [1.54, 1.807) is 43.3 Å². The first-order chi connectivity index (χ1) is 9.10. The Bertz CT molecular complexity index is 488. The molecule has 1 aromatic carbocycles. The van der Waals surface area contributed by atoms with E-state index < -0.39 is 17.7 Å². The van der Waals surface area contributed by atoms with E-state index in [-0.39, 0.29) is 12.2 Å². The third-order valence-electron chi connectivity index (χ3n) is 2.62. The SMILES string of the molecule is C/C=C/C(=O)CC(C(=O)OC)C(=O)c1ccccc1. The quantitative estimate of drug-likeness (QED) is 0.340. The highest BCUT2D eigenvalue weighted by Gasteiger charge is 2.30. The summed E-state index contributed by atoms with van der Waals surface area (Å²) in [4.78, 5) is 35.4. The van der Waals surface area contributed by atoms with Gasteiger partial charge in [-0.15, -0.1) is 0 Å². The van der Waals surface area contributed by atoms with Crippen molar-refractivity contribution in [3.05, 3.63) is 48.0 Å². The van der Waals surface area contributed by atoms with Gasteiger partial charge in [-0.25, -0.2) is 0 Å². The van der Waals surface area contributed by atoms with Crippen molar-refractivity contribution in [3.63, 3.8) is 0 Å². The highest BCUT2D eigenvalue weighted by atomic mass is 16.5. The van der Waals surface area contributed by atoms with Gasteiger partial charge in [-0.3, -0.25) is 14.4 Å². The molecule has 0 aliphatic heterocycles. The lowest BCUT2D eigenvalue weighted by molar-refractivity contribution is -0.144. The summed E-state index contributed by atoms with van der Waals surface area (Å²) < 4.78 is 4.60. The second kappa shape index (κ2) is 7.26. The summed E-state index contributed by atoms with van der Waals surface area (Å²) in [5.41, 5.74) is 0.395. The standard InChI is InChI=1S/C15H16O4/c1-3-7-12(16)10-13(15(18)19-2)14(17)11-8-5-4-6-9-11/h3-9,13H,10H2,1-2H3/b7-3+. The number of hydrogen-bond donors (Lipinski definition) is 0. The second-order valence-corrected chi connectivity index (χ2v) is 3.98. The maximum absolute atomic E-state index is 12.2. The first-order valence-corrected chi connectivity index (χ1v) is 5.92. The molecule has 0 amide bonds. The number of benzene rings is 1. The van der Waals surface area contributed by atoms with E-state index in [0.29, 0.717) is 5.56 Å². The average molecular weight is 260 g/mol. The van der Waals surface area contributed by atoms with Crippen LogP contribution in [0.3, 0.4) is 0 Å². The third kappa shape index (κ3) is 4.17. The summed E-state index contributed by atoms with van der Waals surface area (Å²) in [5, 5.41) is 0. The van der Waals surface area contributed by atoms with Gasteiger partial charge in [0.1, 0.15) is 5.92 Å². The Kier molecular flexibility index (Phi) is 5.67. The Morgan fingerprint density at radius 2 is 1.84 bits per heavy atom. The number of hydrogen-bond acceptors (Lipinski definition) is 4. The number of carbonyl (C=O) groups excluding carboxylic acids is 3. The summed E-state index contributed by atoms with van der Waals surface area (Å²) >= 11 is 0. The number of rotatable bonds is 6. The normalized spacial score (nSPS) is 12.1. The van der Waals surface area contributed by atoms with E-state index in [1.807, 2.05) is 0 Å². The lowest BCUT2D eigenvalue weighted by Crippen LogP contribution is -2.27. The van der Waals surface area contributed by atoms with E-state index >= 15 is 0 Å². The van der Waals surface area contributed by atoms with Crippen LogP contribution in [0.5, 0.6) is 0 Å². The van der Waals surface area contributed by atoms with Crippen molar-refractivity contribution in [1.82, 2.24) is 0 Å². The number of Topliss-reactive ketones (excluding diaryl/α,β-unsaturated/α-hetero) is 1. The minimum Gasteiger partial charge on any atom is -0.468 e. The molecule has 0 saturated heterocycles. The van der Waals surface area contributed by atoms with Crippen LogP contribution in [0.4, 0.5) is 0 Å². The molecule has 0 heterocycles. The van der Waals surface area contributed by atoms with Gasteiger partial charge < -0.3 is 4.74 Å². The molecule has 1 unspecified atom stereocenters. The zero-order valence-electron chi connectivity index (χ0n) is 11.0. The lowest BCUT2D eigenvalue weighted by Gasteiger charge is -2.12. The molecule has 0 fully saturated rings. The van der Waals surface area contributed by atoms with Gasteiger partial charge in [0.15, 0.2) is 11.6 Å². The largest absolute Gasteiger partial charge is 0.468 e. The Hall–Kier alpha value is -2.23. The van der Waals surface area contributed by atoms with Gasteiger partial charge in [0.05, 0.1) is 7.11 Å². The van der Waals surface area contributed by atoms with Crippen LogP contribution >= 0.6 is 0 Å². The van der Waals surface area contributed by atoms with Crippen LogP contribution in [0.25, 0.3) is 0 Å². The maximum Gasteiger partial charge on any atom is 0.317 e. The first-order valence-electron chi connectivity index (χ1n) is 5.92. The van der Waals surface area contributed by atoms with Crippen molar-refractivity contribution in [2.75, 3.05) is 7.11 Å². The molecular formula is C15H16O4. The minimum absolute atomic E-state index is 0.176. The summed E-state index contributed by atoms with van der Waals surface area (Å²) in [6.45, 7) is 1.70. The van der Waals surface area contributed by atoms with Gasteiger partial charge in [0, 0.05) is 12.0 Å². The fourth-order valence-corrected chi connectivity index (χ4v) is 1.68. The molecule has 0 spiro atoms. The molecule has 0 bridgehead atoms. The van der Waals surface area contributed by atoms with Crippen molar-refractivity contribution in [2.24, 2.45) is 5.92 Å². The molecule has 0 aromatic heterocycles. The topological polar surface area (TPSA) is 60.4 Å². The summed E-state index contributed by atoms with van der Waals surface area (Å²) in [5.74, 6) is -2.45. The molecule has 0 aliphatic carbocycles. The zero-order chi connectivity index (χ0) is 14.3. The monoisotopic (exact) mass is 260 g/mol. The Balaban J connectivity index is 2.94. The molecule has 0 N–H and O–H groups in total. The van der Waals surface area contributed by atoms with Gasteiger partial charge in [-0.2, -0.15) is 0 Å². The van der Waals surface area contributed by atoms with Crippen molar-refractivity contribution < 1.29 is 19.1 Å². The molecule has 0 aliphatic rings.